The lowest BCUT2D eigenvalue weighted by atomic mass is 9.96. The molecule has 4 nitrogen and oxygen atoms in total. The molecule has 1 rings (SSSR count). The summed E-state index contributed by atoms with van der Waals surface area (Å²) in [7, 11) is 0. The molecular weight excluding hydrogens is 208 g/mol. The predicted molar refractivity (Wildman–Crippen MR) is 59.1 cm³/mol. The van der Waals surface area contributed by atoms with Crippen LogP contribution in [-0.4, -0.2) is 37.0 Å². The number of carbonyl (C=O) groups excluding carboxylic acids is 2. The SMILES string of the molecule is CC(C)C1COC(C(C)C)C(C(=O)C=O)O1. The maximum Gasteiger partial charge on any atom is 0.226 e. The third-order valence-corrected chi connectivity index (χ3v) is 2.87. The van der Waals surface area contributed by atoms with Crippen LogP contribution in [0.15, 0.2) is 0 Å². The van der Waals surface area contributed by atoms with Crippen molar-refractivity contribution >= 4 is 12.1 Å². The summed E-state index contributed by atoms with van der Waals surface area (Å²) in [6.07, 6.45) is -0.832. The Labute approximate surface area is 96.3 Å². The van der Waals surface area contributed by atoms with E-state index in [-0.39, 0.29) is 24.0 Å². The molecule has 4 heteroatoms. The molecule has 0 aromatic rings. The molecule has 1 aliphatic rings. The van der Waals surface area contributed by atoms with Gasteiger partial charge in [0, 0.05) is 0 Å². The quantitative estimate of drug-likeness (QED) is 0.536. The molecule has 0 saturated carbocycles. The number of Topliss-reactive ketones (excluding diaryl/α,β-unsaturated/α-hetero) is 1. The van der Waals surface area contributed by atoms with Crippen molar-refractivity contribution in [2.24, 2.45) is 11.8 Å². The Morgan fingerprint density at radius 3 is 2.31 bits per heavy atom. The van der Waals surface area contributed by atoms with E-state index in [1.807, 2.05) is 27.7 Å². The highest BCUT2D eigenvalue weighted by molar-refractivity contribution is 6.27. The zero-order valence-electron chi connectivity index (χ0n) is 10.3. The van der Waals surface area contributed by atoms with Crippen molar-refractivity contribution in [3.63, 3.8) is 0 Å². The summed E-state index contributed by atoms with van der Waals surface area (Å²) in [5, 5.41) is 0. The van der Waals surface area contributed by atoms with Gasteiger partial charge >= 0.3 is 0 Å². The van der Waals surface area contributed by atoms with Crippen molar-refractivity contribution in [1.82, 2.24) is 0 Å². The third-order valence-electron chi connectivity index (χ3n) is 2.87. The van der Waals surface area contributed by atoms with Gasteiger partial charge < -0.3 is 9.47 Å². The number of aldehydes is 1. The van der Waals surface area contributed by atoms with Crippen molar-refractivity contribution in [3.05, 3.63) is 0 Å². The van der Waals surface area contributed by atoms with Crippen LogP contribution < -0.4 is 0 Å². The molecule has 1 fully saturated rings. The minimum atomic E-state index is -0.737. The van der Waals surface area contributed by atoms with Gasteiger partial charge in [-0.1, -0.05) is 27.7 Å². The molecule has 0 amide bonds. The van der Waals surface area contributed by atoms with Crippen LogP contribution in [-0.2, 0) is 19.1 Å². The molecule has 0 aromatic carbocycles. The topological polar surface area (TPSA) is 52.6 Å². The fourth-order valence-electron chi connectivity index (χ4n) is 1.79. The Bertz CT molecular complexity index is 260. The molecule has 0 radical (unpaired) electrons. The summed E-state index contributed by atoms with van der Waals surface area (Å²) >= 11 is 0. The van der Waals surface area contributed by atoms with E-state index in [1.165, 1.54) is 0 Å². The monoisotopic (exact) mass is 228 g/mol. The summed E-state index contributed by atoms with van der Waals surface area (Å²) in [6.45, 7) is 8.41. The maximum absolute atomic E-state index is 11.5. The van der Waals surface area contributed by atoms with Crippen LogP contribution in [0.5, 0.6) is 0 Å². The Morgan fingerprint density at radius 2 is 1.88 bits per heavy atom. The number of ketones is 1. The van der Waals surface area contributed by atoms with E-state index in [2.05, 4.69) is 0 Å². The highest BCUT2D eigenvalue weighted by Gasteiger charge is 2.39. The molecule has 3 unspecified atom stereocenters. The predicted octanol–water partition coefficient (Wildman–Crippen LogP) is 1.22. The van der Waals surface area contributed by atoms with Crippen molar-refractivity contribution in [3.8, 4) is 0 Å². The summed E-state index contributed by atoms with van der Waals surface area (Å²) < 4.78 is 11.3. The molecule has 16 heavy (non-hydrogen) atoms. The number of hydrogen-bond donors (Lipinski definition) is 0. The average molecular weight is 228 g/mol. The van der Waals surface area contributed by atoms with Crippen molar-refractivity contribution in [2.45, 2.75) is 46.0 Å². The second-order valence-electron chi connectivity index (χ2n) is 4.90. The highest BCUT2D eigenvalue weighted by atomic mass is 16.6. The second-order valence-corrected chi connectivity index (χ2v) is 4.90. The lowest BCUT2D eigenvalue weighted by molar-refractivity contribution is -0.202. The maximum atomic E-state index is 11.5. The zero-order chi connectivity index (χ0) is 12.3. The smallest absolute Gasteiger partial charge is 0.226 e. The Morgan fingerprint density at radius 1 is 1.25 bits per heavy atom. The first-order valence-electron chi connectivity index (χ1n) is 5.73. The molecule has 0 aliphatic carbocycles. The van der Waals surface area contributed by atoms with Crippen molar-refractivity contribution in [2.75, 3.05) is 6.61 Å². The second kappa shape index (κ2) is 5.55. The van der Waals surface area contributed by atoms with Gasteiger partial charge in [0.2, 0.25) is 5.78 Å². The molecule has 1 saturated heterocycles. The molecule has 0 N–H and O–H groups in total. The number of hydrogen-bond acceptors (Lipinski definition) is 4. The summed E-state index contributed by atoms with van der Waals surface area (Å²) in [4.78, 5) is 22.0. The fourth-order valence-corrected chi connectivity index (χ4v) is 1.79. The molecule has 92 valence electrons. The standard InChI is InChI=1S/C12H20O4/c1-7(2)10-6-15-11(8(3)4)12(16-10)9(14)5-13/h5,7-8,10-12H,6H2,1-4H3. The Hall–Kier alpha value is -0.740. The Balaban J connectivity index is 2.77. The van der Waals surface area contributed by atoms with Gasteiger partial charge in [-0.2, -0.15) is 0 Å². The van der Waals surface area contributed by atoms with E-state index in [0.29, 0.717) is 12.9 Å². The van der Waals surface area contributed by atoms with Gasteiger partial charge in [-0.05, 0) is 11.8 Å². The van der Waals surface area contributed by atoms with Gasteiger partial charge in [-0.15, -0.1) is 0 Å². The normalized spacial score (nSPS) is 30.8. The van der Waals surface area contributed by atoms with Gasteiger partial charge in [-0.3, -0.25) is 9.59 Å². The first-order chi connectivity index (χ1) is 7.47. The number of rotatable bonds is 4. The first kappa shape index (κ1) is 13.3. The fraction of sp³-hybridized carbons (Fsp3) is 0.833. The molecule has 0 aromatic heterocycles. The van der Waals surface area contributed by atoms with Crippen LogP contribution in [0.4, 0.5) is 0 Å². The molecule has 0 bridgehead atoms. The van der Waals surface area contributed by atoms with Gasteiger partial charge in [0.1, 0.15) is 6.10 Å². The van der Waals surface area contributed by atoms with Crippen molar-refractivity contribution in [1.29, 1.82) is 0 Å². The minimum absolute atomic E-state index is 0.108. The van der Waals surface area contributed by atoms with Crippen LogP contribution in [0.2, 0.25) is 0 Å². The molecular formula is C12H20O4. The van der Waals surface area contributed by atoms with Gasteiger partial charge in [0.05, 0.1) is 18.8 Å². The van der Waals surface area contributed by atoms with Gasteiger partial charge in [0.15, 0.2) is 6.29 Å². The number of ether oxygens (including phenoxy) is 2. The summed E-state index contributed by atoms with van der Waals surface area (Å²) in [5.74, 6) is -0.0962. The Kier molecular flexibility index (Phi) is 4.62. The van der Waals surface area contributed by atoms with E-state index in [1.54, 1.807) is 0 Å². The largest absolute Gasteiger partial charge is 0.372 e. The van der Waals surface area contributed by atoms with Gasteiger partial charge in [0.25, 0.3) is 0 Å². The minimum Gasteiger partial charge on any atom is -0.372 e. The lowest BCUT2D eigenvalue weighted by Crippen LogP contribution is -2.51. The third kappa shape index (κ3) is 2.89. The van der Waals surface area contributed by atoms with Crippen LogP contribution in [0.25, 0.3) is 0 Å². The number of carbonyl (C=O) groups is 2. The molecule has 1 heterocycles. The molecule has 3 atom stereocenters. The van der Waals surface area contributed by atoms with Gasteiger partial charge in [-0.25, -0.2) is 0 Å². The van der Waals surface area contributed by atoms with Crippen LogP contribution >= 0.6 is 0 Å². The highest BCUT2D eigenvalue weighted by Crippen LogP contribution is 2.24. The molecule has 0 spiro atoms. The van der Waals surface area contributed by atoms with E-state index >= 15 is 0 Å². The summed E-state index contributed by atoms with van der Waals surface area (Å²) in [5.41, 5.74) is 0. The van der Waals surface area contributed by atoms with E-state index in [9.17, 15) is 9.59 Å². The zero-order valence-corrected chi connectivity index (χ0v) is 10.3. The van der Waals surface area contributed by atoms with Crippen LogP contribution in [0, 0.1) is 11.8 Å². The van der Waals surface area contributed by atoms with Crippen molar-refractivity contribution < 1.29 is 19.1 Å². The van der Waals surface area contributed by atoms with Crippen LogP contribution in [0.3, 0.4) is 0 Å². The average Bonchev–Trinajstić information content (AvgIpc) is 2.26. The summed E-state index contributed by atoms with van der Waals surface area (Å²) in [6, 6.07) is 0. The first-order valence-corrected chi connectivity index (χ1v) is 5.73. The molecule has 1 aliphatic heterocycles. The van der Waals surface area contributed by atoms with Crippen LogP contribution in [0.1, 0.15) is 27.7 Å². The van der Waals surface area contributed by atoms with E-state index in [0.717, 1.165) is 0 Å². The van der Waals surface area contributed by atoms with E-state index < -0.39 is 11.9 Å². The van der Waals surface area contributed by atoms with E-state index in [4.69, 9.17) is 9.47 Å². The lowest BCUT2D eigenvalue weighted by Gasteiger charge is -2.38.